The summed E-state index contributed by atoms with van der Waals surface area (Å²) in [4.78, 5) is 12.4. The normalized spacial score (nSPS) is 14.5. The lowest BCUT2D eigenvalue weighted by Crippen LogP contribution is -2.37. The number of hydrogen-bond acceptors (Lipinski definition) is 1. The van der Waals surface area contributed by atoms with E-state index < -0.39 is 6.67 Å². The lowest BCUT2D eigenvalue weighted by molar-refractivity contribution is -0.129. The minimum absolute atomic E-state index is 0.00292. The zero-order chi connectivity index (χ0) is 15.1. The van der Waals surface area contributed by atoms with Crippen molar-refractivity contribution in [3.63, 3.8) is 0 Å². The van der Waals surface area contributed by atoms with Crippen LogP contribution >= 0.6 is 0 Å². The number of ketones is 1. The molecule has 0 N–H and O–H groups in total. The fraction of sp³-hybridized carbons (Fsp3) is 0.941. The first-order chi connectivity index (χ1) is 8.82. The van der Waals surface area contributed by atoms with Crippen LogP contribution in [0.2, 0.25) is 0 Å². The Bertz CT molecular complexity index is 264. The largest absolute Gasteiger partial charge is 0.299 e. The van der Waals surface area contributed by atoms with Crippen LogP contribution in [0.25, 0.3) is 0 Å². The third-order valence-corrected chi connectivity index (χ3v) is 5.59. The molecule has 1 nitrogen and oxygen atoms in total. The van der Waals surface area contributed by atoms with Gasteiger partial charge in [-0.1, -0.05) is 67.2 Å². The lowest BCUT2D eigenvalue weighted by atomic mass is 9.63. The molecular formula is C17H33FO. The molecule has 0 spiro atoms. The standard InChI is InChI=1S/C17H33FO/c1-7-16(5,8-2)13-14(15(19)11-12-18)17(6,9-3)10-4/h14H,7-13H2,1-6H3. The first-order valence-corrected chi connectivity index (χ1v) is 7.91. The third-order valence-electron chi connectivity index (χ3n) is 5.59. The summed E-state index contributed by atoms with van der Waals surface area (Å²) >= 11 is 0. The number of Topliss-reactive ketones (excluding diaryl/α,β-unsaturated/α-hetero) is 1. The van der Waals surface area contributed by atoms with Crippen LogP contribution in [0.3, 0.4) is 0 Å². The zero-order valence-corrected chi connectivity index (χ0v) is 13.8. The van der Waals surface area contributed by atoms with Gasteiger partial charge in [0.2, 0.25) is 0 Å². The Morgan fingerprint density at radius 2 is 1.47 bits per heavy atom. The van der Waals surface area contributed by atoms with Gasteiger partial charge in [-0.2, -0.15) is 0 Å². The predicted octanol–water partition coefficient (Wildman–Crippen LogP) is 5.57. The van der Waals surface area contributed by atoms with Crippen molar-refractivity contribution in [1.29, 1.82) is 0 Å². The van der Waals surface area contributed by atoms with Crippen molar-refractivity contribution in [2.75, 3.05) is 6.67 Å². The lowest BCUT2D eigenvalue weighted by Gasteiger charge is -2.41. The fourth-order valence-corrected chi connectivity index (χ4v) is 2.79. The summed E-state index contributed by atoms with van der Waals surface area (Å²) in [7, 11) is 0. The maximum absolute atomic E-state index is 12.6. The summed E-state index contributed by atoms with van der Waals surface area (Å²) in [6, 6.07) is 0. The fourth-order valence-electron chi connectivity index (χ4n) is 2.79. The molecule has 0 aliphatic rings. The molecule has 1 unspecified atom stereocenters. The molecule has 2 heteroatoms. The zero-order valence-electron chi connectivity index (χ0n) is 13.8. The highest BCUT2D eigenvalue weighted by Crippen LogP contribution is 2.44. The van der Waals surface area contributed by atoms with Crippen molar-refractivity contribution in [1.82, 2.24) is 0 Å². The van der Waals surface area contributed by atoms with Crippen molar-refractivity contribution in [2.45, 2.75) is 80.1 Å². The van der Waals surface area contributed by atoms with Crippen LogP contribution < -0.4 is 0 Å². The molecule has 0 fully saturated rings. The van der Waals surface area contributed by atoms with Crippen molar-refractivity contribution < 1.29 is 9.18 Å². The van der Waals surface area contributed by atoms with E-state index in [1.54, 1.807) is 0 Å². The Morgan fingerprint density at radius 1 is 1.00 bits per heavy atom. The van der Waals surface area contributed by atoms with E-state index in [1.165, 1.54) is 0 Å². The van der Waals surface area contributed by atoms with Gasteiger partial charge in [0.1, 0.15) is 5.78 Å². The molecule has 114 valence electrons. The second-order valence-electron chi connectivity index (χ2n) is 6.54. The summed E-state index contributed by atoms with van der Waals surface area (Å²) in [5.74, 6) is 0.130. The van der Waals surface area contributed by atoms with Gasteiger partial charge in [-0.3, -0.25) is 9.18 Å². The van der Waals surface area contributed by atoms with E-state index in [1.807, 2.05) is 0 Å². The SMILES string of the molecule is CCC(C)(CC)CC(C(=O)CCF)C(C)(CC)CC. The Balaban J connectivity index is 5.23. The molecule has 0 saturated carbocycles. The highest BCUT2D eigenvalue weighted by molar-refractivity contribution is 5.82. The van der Waals surface area contributed by atoms with E-state index in [9.17, 15) is 9.18 Å². The smallest absolute Gasteiger partial charge is 0.139 e. The average molecular weight is 272 g/mol. The van der Waals surface area contributed by atoms with Gasteiger partial charge in [-0.15, -0.1) is 0 Å². The Hall–Kier alpha value is -0.400. The monoisotopic (exact) mass is 272 g/mol. The van der Waals surface area contributed by atoms with Crippen LogP contribution in [0, 0.1) is 16.7 Å². The average Bonchev–Trinajstić information content (AvgIpc) is 2.43. The van der Waals surface area contributed by atoms with Gasteiger partial charge >= 0.3 is 0 Å². The molecule has 0 amide bonds. The minimum Gasteiger partial charge on any atom is -0.299 e. The number of carbonyl (C=O) groups excluding carboxylic acids is 1. The molecule has 0 saturated heterocycles. The second kappa shape index (κ2) is 8.01. The van der Waals surface area contributed by atoms with Gasteiger partial charge in [0, 0.05) is 12.3 Å². The van der Waals surface area contributed by atoms with Crippen LogP contribution in [0.15, 0.2) is 0 Å². The van der Waals surface area contributed by atoms with Crippen LogP contribution in [0.5, 0.6) is 0 Å². The molecular weight excluding hydrogens is 239 g/mol. The van der Waals surface area contributed by atoms with Gasteiger partial charge in [0.15, 0.2) is 0 Å². The molecule has 0 aromatic rings. The first-order valence-electron chi connectivity index (χ1n) is 7.91. The highest BCUT2D eigenvalue weighted by atomic mass is 19.1. The van der Waals surface area contributed by atoms with E-state index in [-0.39, 0.29) is 29.0 Å². The van der Waals surface area contributed by atoms with E-state index in [4.69, 9.17) is 0 Å². The van der Waals surface area contributed by atoms with Crippen LogP contribution in [0.4, 0.5) is 4.39 Å². The van der Waals surface area contributed by atoms with E-state index in [0.29, 0.717) is 0 Å². The number of halogens is 1. The summed E-state index contributed by atoms with van der Waals surface area (Å²) in [6.07, 6.45) is 5.10. The summed E-state index contributed by atoms with van der Waals surface area (Å²) < 4.78 is 12.6. The molecule has 0 bridgehead atoms. The molecule has 0 rings (SSSR count). The molecule has 0 aliphatic heterocycles. The summed E-state index contributed by atoms with van der Waals surface area (Å²) in [5, 5.41) is 0. The maximum atomic E-state index is 12.6. The number of carbonyl (C=O) groups is 1. The highest BCUT2D eigenvalue weighted by Gasteiger charge is 2.39. The molecule has 0 radical (unpaired) electrons. The third kappa shape index (κ3) is 4.89. The number of alkyl halides is 1. The predicted molar refractivity (Wildman–Crippen MR) is 81.1 cm³/mol. The van der Waals surface area contributed by atoms with Gasteiger partial charge in [-0.05, 0) is 17.3 Å². The Labute approximate surface area is 119 Å². The molecule has 0 aliphatic carbocycles. The van der Waals surface area contributed by atoms with Crippen LogP contribution in [0.1, 0.15) is 80.1 Å². The van der Waals surface area contributed by atoms with Crippen molar-refractivity contribution in [3.8, 4) is 0 Å². The molecule has 0 heterocycles. The molecule has 1 atom stereocenters. The summed E-state index contributed by atoms with van der Waals surface area (Å²) in [6.45, 7) is 12.6. The van der Waals surface area contributed by atoms with Crippen molar-refractivity contribution in [3.05, 3.63) is 0 Å². The van der Waals surface area contributed by atoms with Gasteiger partial charge in [0.25, 0.3) is 0 Å². The van der Waals surface area contributed by atoms with Crippen molar-refractivity contribution in [2.24, 2.45) is 16.7 Å². The molecule has 19 heavy (non-hydrogen) atoms. The van der Waals surface area contributed by atoms with Gasteiger partial charge in [0.05, 0.1) is 6.67 Å². The first kappa shape index (κ1) is 18.6. The van der Waals surface area contributed by atoms with E-state index >= 15 is 0 Å². The maximum Gasteiger partial charge on any atom is 0.139 e. The second-order valence-corrected chi connectivity index (χ2v) is 6.54. The Kier molecular flexibility index (Phi) is 7.85. The van der Waals surface area contributed by atoms with E-state index in [0.717, 1.165) is 32.1 Å². The molecule has 0 aromatic heterocycles. The number of rotatable bonds is 10. The quantitative estimate of drug-likeness (QED) is 0.508. The Morgan fingerprint density at radius 3 is 1.79 bits per heavy atom. The number of hydrogen-bond donors (Lipinski definition) is 0. The van der Waals surface area contributed by atoms with E-state index in [2.05, 4.69) is 41.5 Å². The van der Waals surface area contributed by atoms with Gasteiger partial charge < -0.3 is 0 Å². The summed E-state index contributed by atoms with van der Waals surface area (Å²) in [5.41, 5.74) is 0.208. The van der Waals surface area contributed by atoms with Crippen LogP contribution in [-0.4, -0.2) is 12.5 Å². The molecule has 0 aromatic carbocycles. The van der Waals surface area contributed by atoms with Crippen LogP contribution in [-0.2, 0) is 4.79 Å². The minimum atomic E-state index is -0.520. The van der Waals surface area contributed by atoms with Crippen molar-refractivity contribution >= 4 is 5.78 Å². The van der Waals surface area contributed by atoms with Gasteiger partial charge in [-0.25, -0.2) is 0 Å². The topological polar surface area (TPSA) is 17.1 Å².